The van der Waals surface area contributed by atoms with Gasteiger partial charge in [-0.2, -0.15) is 5.10 Å². The predicted molar refractivity (Wildman–Crippen MR) is 68.4 cm³/mol. The second kappa shape index (κ2) is 3.85. The summed E-state index contributed by atoms with van der Waals surface area (Å²) in [6, 6.07) is 8.05. The van der Waals surface area contributed by atoms with Crippen LogP contribution >= 0.6 is 11.3 Å². The molecule has 0 aliphatic heterocycles. The van der Waals surface area contributed by atoms with Crippen LogP contribution in [0.2, 0.25) is 0 Å². The number of thiazole rings is 1. The minimum absolute atomic E-state index is 0.0553. The van der Waals surface area contributed by atoms with Crippen LogP contribution < -0.4 is 4.87 Å². The third kappa shape index (κ3) is 1.68. The van der Waals surface area contributed by atoms with Gasteiger partial charge in [-0.15, -0.1) is 0 Å². The SMILES string of the molecule is Cn1nc(Cn2ccsc2=O)c2ccccc21. The molecule has 0 aliphatic carbocycles. The van der Waals surface area contributed by atoms with E-state index in [-0.39, 0.29) is 4.87 Å². The van der Waals surface area contributed by atoms with Gasteiger partial charge in [0.05, 0.1) is 17.8 Å². The van der Waals surface area contributed by atoms with Crippen LogP contribution in [0.1, 0.15) is 5.69 Å². The maximum absolute atomic E-state index is 11.5. The van der Waals surface area contributed by atoms with Gasteiger partial charge in [-0.1, -0.05) is 29.5 Å². The number of rotatable bonds is 2. The van der Waals surface area contributed by atoms with Gasteiger partial charge in [0.1, 0.15) is 0 Å². The Kier molecular flexibility index (Phi) is 2.33. The first kappa shape index (κ1) is 10.3. The van der Waals surface area contributed by atoms with Gasteiger partial charge < -0.3 is 0 Å². The van der Waals surface area contributed by atoms with Crippen molar-refractivity contribution in [2.24, 2.45) is 7.05 Å². The lowest BCUT2D eigenvalue weighted by atomic mass is 10.2. The zero-order valence-electron chi connectivity index (χ0n) is 9.33. The maximum atomic E-state index is 11.5. The standard InChI is InChI=1S/C12H11N3OS/c1-14-11-5-3-2-4-9(11)10(13-14)8-15-6-7-17-12(15)16/h2-7H,8H2,1H3. The van der Waals surface area contributed by atoms with E-state index in [4.69, 9.17) is 0 Å². The molecular weight excluding hydrogens is 234 g/mol. The third-order valence-corrected chi connectivity index (χ3v) is 3.49. The molecule has 0 saturated heterocycles. The van der Waals surface area contributed by atoms with Crippen molar-refractivity contribution in [3.05, 3.63) is 51.2 Å². The molecule has 1 aromatic carbocycles. The van der Waals surface area contributed by atoms with E-state index in [1.807, 2.05) is 36.0 Å². The van der Waals surface area contributed by atoms with Crippen LogP contribution in [0.25, 0.3) is 10.9 Å². The fourth-order valence-electron chi connectivity index (χ4n) is 1.97. The lowest BCUT2D eigenvalue weighted by Gasteiger charge is -1.97. The third-order valence-electron chi connectivity index (χ3n) is 2.80. The highest BCUT2D eigenvalue weighted by atomic mass is 32.1. The highest BCUT2D eigenvalue weighted by molar-refractivity contribution is 7.07. The zero-order chi connectivity index (χ0) is 11.8. The van der Waals surface area contributed by atoms with E-state index in [9.17, 15) is 4.79 Å². The quantitative estimate of drug-likeness (QED) is 0.691. The lowest BCUT2D eigenvalue weighted by molar-refractivity contribution is 0.712. The Hall–Kier alpha value is -1.88. The molecule has 2 aromatic heterocycles. The average molecular weight is 245 g/mol. The highest BCUT2D eigenvalue weighted by Crippen LogP contribution is 2.17. The number of aromatic nitrogens is 3. The van der Waals surface area contributed by atoms with Crippen LogP contribution in [0.3, 0.4) is 0 Å². The number of benzene rings is 1. The number of aryl methyl sites for hydroxylation is 1. The Balaban J connectivity index is 2.13. The number of nitrogens with zero attached hydrogens (tertiary/aromatic N) is 3. The summed E-state index contributed by atoms with van der Waals surface area (Å²) < 4.78 is 3.53. The smallest absolute Gasteiger partial charge is 0.300 e. The Bertz CT molecular complexity index is 723. The van der Waals surface area contributed by atoms with Crippen molar-refractivity contribution in [3.8, 4) is 0 Å². The normalized spacial score (nSPS) is 11.1. The van der Waals surface area contributed by atoms with Crippen LogP contribution in [0, 0.1) is 0 Å². The van der Waals surface area contributed by atoms with Gasteiger partial charge in [0.15, 0.2) is 0 Å². The topological polar surface area (TPSA) is 39.8 Å². The van der Waals surface area contributed by atoms with Crippen LogP contribution in [-0.2, 0) is 13.6 Å². The average Bonchev–Trinajstić information content (AvgIpc) is 2.87. The maximum Gasteiger partial charge on any atom is 0.307 e. The van der Waals surface area contributed by atoms with Crippen molar-refractivity contribution >= 4 is 22.2 Å². The Morgan fingerprint density at radius 3 is 2.94 bits per heavy atom. The molecule has 0 fully saturated rings. The summed E-state index contributed by atoms with van der Waals surface area (Å²) in [7, 11) is 1.92. The minimum atomic E-state index is 0.0553. The molecular formula is C12H11N3OS. The van der Waals surface area contributed by atoms with Crippen molar-refractivity contribution in [1.82, 2.24) is 14.3 Å². The molecule has 4 nitrogen and oxygen atoms in total. The molecule has 86 valence electrons. The molecule has 5 heteroatoms. The summed E-state index contributed by atoms with van der Waals surface area (Å²) >= 11 is 1.21. The number of hydrogen-bond donors (Lipinski definition) is 0. The molecule has 0 bridgehead atoms. The molecule has 0 unspecified atom stereocenters. The predicted octanol–water partition coefficient (Wildman–Crippen LogP) is 1.84. The van der Waals surface area contributed by atoms with Gasteiger partial charge in [0.25, 0.3) is 0 Å². The Labute approximate surface area is 102 Å². The number of para-hydroxylation sites is 1. The van der Waals surface area contributed by atoms with Gasteiger partial charge in [-0.25, -0.2) is 0 Å². The van der Waals surface area contributed by atoms with Crippen LogP contribution in [-0.4, -0.2) is 14.3 Å². The zero-order valence-corrected chi connectivity index (χ0v) is 10.1. The minimum Gasteiger partial charge on any atom is -0.300 e. The summed E-state index contributed by atoms with van der Waals surface area (Å²) in [5.41, 5.74) is 2.02. The molecule has 0 atom stereocenters. The van der Waals surface area contributed by atoms with Crippen LogP contribution in [0.4, 0.5) is 0 Å². The molecule has 3 aromatic rings. The fraction of sp³-hybridized carbons (Fsp3) is 0.167. The summed E-state index contributed by atoms with van der Waals surface area (Å²) in [5, 5.41) is 7.37. The Morgan fingerprint density at radius 2 is 2.18 bits per heavy atom. The summed E-state index contributed by atoms with van der Waals surface area (Å²) in [6.07, 6.45) is 1.80. The molecule has 0 radical (unpaired) electrons. The number of fused-ring (bicyclic) bond motifs is 1. The first-order valence-corrected chi connectivity index (χ1v) is 6.18. The summed E-state index contributed by atoms with van der Waals surface area (Å²) in [5.74, 6) is 0. The van der Waals surface area contributed by atoms with E-state index in [1.165, 1.54) is 11.3 Å². The van der Waals surface area contributed by atoms with Crippen molar-refractivity contribution in [1.29, 1.82) is 0 Å². The van der Waals surface area contributed by atoms with Crippen LogP contribution in [0.5, 0.6) is 0 Å². The molecule has 0 aliphatic rings. The van der Waals surface area contributed by atoms with E-state index in [0.717, 1.165) is 16.6 Å². The van der Waals surface area contributed by atoms with Crippen molar-refractivity contribution in [3.63, 3.8) is 0 Å². The van der Waals surface area contributed by atoms with E-state index < -0.39 is 0 Å². The second-order valence-corrected chi connectivity index (χ2v) is 4.74. The summed E-state index contributed by atoms with van der Waals surface area (Å²) in [4.78, 5) is 11.6. The Morgan fingerprint density at radius 1 is 1.35 bits per heavy atom. The molecule has 0 amide bonds. The second-order valence-electron chi connectivity index (χ2n) is 3.88. The number of hydrogen-bond acceptors (Lipinski definition) is 3. The van der Waals surface area contributed by atoms with Gasteiger partial charge in [-0.3, -0.25) is 14.0 Å². The van der Waals surface area contributed by atoms with E-state index in [0.29, 0.717) is 6.54 Å². The van der Waals surface area contributed by atoms with E-state index >= 15 is 0 Å². The van der Waals surface area contributed by atoms with Crippen molar-refractivity contribution in [2.75, 3.05) is 0 Å². The molecule has 3 rings (SSSR count). The summed E-state index contributed by atoms with van der Waals surface area (Å²) in [6.45, 7) is 0.531. The van der Waals surface area contributed by atoms with E-state index in [1.54, 1.807) is 16.1 Å². The van der Waals surface area contributed by atoms with E-state index in [2.05, 4.69) is 5.10 Å². The fourth-order valence-corrected chi connectivity index (χ4v) is 2.56. The van der Waals surface area contributed by atoms with Crippen LogP contribution in [0.15, 0.2) is 40.6 Å². The first-order valence-electron chi connectivity index (χ1n) is 5.30. The van der Waals surface area contributed by atoms with Crippen molar-refractivity contribution < 1.29 is 0 Å². The first-order chi connectivity index (χ1) is 8.25. The lowest BCUT2D eigenvalue weighted by Crippen LogP contribution is -2.13. The molecule has 17 heavy (non-hydrogen) atoms. The largest absolute Gasteiger partial charge is 0.307 e. The molecule has 0 N–H and O–H groups in total. The van der Waals surface area contributed by atoms with Crippen molar-refractivity contribution in [2.45, 2.75) is 6.54 Å². The highest BCUT2D eigenvalue weighted by Gasteiger charge is 2.08. The van der Waals surface area contributed by atoms with Gasteiger partial charge in [0, 0.05) is 24.0 Å². The van der Waals surface area contributed by atoms with Gasteiger partial charge in [-0.05, 0) is 6.07 Å². The van der Waals surface area contributed by atoms with Gasteiger partial charge >= 0.3 is 4.87 Å². The molecule has 2 heterocycles. The molecule has 0 saturated carbocycles. The van der Waals surface area contributed by atoms with Gasteiger partial charge in [0.2, 0.25) is 0 Å². The monoisotopic (exact) mass is 245 g/mol. The molecule has 0 spiro atoms.